The Kier molecular flexibility index (Phi) is 3.18. The van der Waals surface area contributed by atoms with Gasteiger partial charge in [0.25, 0.3) is 0 Å². The topological polar surface area (TPSA) is 22.1 Å². The van der Waals surface area contributed by atoms with E-state index in [1.54, 1.807) is 19.2 Å². The number of aromatic nitrogens is 1. The van der Waals surface area contributed by atoms with Crippen molar-refractivity contribution < 1.29 is 4.74 Å². The quantitative estimate of drug-likeness (QED) is 0.548. The minimum atomic E-state index is -0.131. The van der Waals surface area contributed by atoms with Gasteiger partial charge in [-0.1, -0.05) is 11.6 Å². The molecule has 0 aliphatic rings. The molecule has 1 rings (SSSR count). The van der Waals surface area contributed by atoms with E-state index in [0.29, 0.717) is 10.9 Å². The van der Waals surface area contributed by atoms with Gasteiger partial charge in [-0.05, 0) is 19.1 Å². The van der Waals surface area contributed by atoms with Crippen molar-refractivity contribution in [3.05, 3.63) is 23.0 Å². The zero-order valence-corrected chi connectivity index (χ0v) is 8.36. The van der Waals surface area contributed by atoms with E-state index in [-0.39, 0.29) is 5.38 Å². The highest BCUT2D eigenvalue weighted by Gasteiger charge is 2.06. The Labute approximate surface area is 81.5 Å². The van der Waals surface area contributed by atoms with E-state index in [9.17, 15) is 0 Å². The number of ether oxygens (including phenoxy) is 1. The Morgan fingerprint density at radius 2 is 2.17 bits per heavy atom. The Balaban J connectivity index is 3.02. The second-order valence-electron chi connectivity index (χ2n) is 2.35. The Bertz CT molecular complexity index is 276. The second-order valence-corrected chi connectivity index (χ2v) is 3.36. The van der Waals surface area contributed by atoms with Crippen LogP contribution in [0, 0.1) is 0 Å². The lowest BCUT2D eigenvalue weighted by molar-refractivity contribution is 0.413. The first kappa shape index (κ1) is 9.62. The zero-order valence-electron chi connectivity index (χ0n) is 6.84. The molecule has 0 saturated carbocycles. The van der Waals surface area contributed by atoms with Gasteiger partial charge in [0, 0.05) is 0 Å². The first-order chi connectivity index (χ1) is 5.65. The molecular weight excluding hydrogens is 197 g/mol. The fraction of sp³-hybridized carbons (Fsp3) is 0.375. The second kappa shape index (κ2) is 3.97. The van der Waals surface area contributed by atoms with Gasteiger partial charge >= 0.3 is 0 Å². The Morgan fingerprint density at radius 1 is 1.50 bits per heavy atom. The van der Waals surface area contributed by atoms with Crippen LogP contribution in [-0.2, 0) is 0 Å². The van der Waals surface area contributed by atoms with Crippen LogP contribution in [-0.4, -0.2) is 12.1 Å². The minimum absolute atomic E-state index is 0.131. The summed E-state index contributed by atoms with van der Waals surface area (Å²) in [4.78, 5) is 4.05. The van der Waals surface area contributed by atoms with Crippen LogP contribution in [0.15, 0.2) is 12.1 Å². The van der Waals surface area contributed by atoms with Crippen LogP contribution >= 0.6 is 23.2 Å². The third-order valence-corrected chi connectivity index (χ3v) is 1.96. The lowest BCUT2D eigenvalue weighted by atomic mass is 10.3. The van der Waals surface area contributed by atoms with Crippen molar-refractivity contribution in [1.82, 2.24) is 4.98 Å². The molecule has 66 valence electrons. The predicted molar refractivity (Wildman–Crippen MR) is 50.1 cm³/mol. The molecule has 0 aromatic carbocycles. The highest BCUT2D eigenvalue weighted by molar-refractivity contribution is 6.30. The standard InChI is InChI=1S/C8H9Cl2NO/c1-5(9)6-3-4-7(12-2)8(10)11-6/h3-5H,1-2H3. The van der Waals surface area contributed by atoms with Crippen LogP contribution in [0.1, 0.15) is 18.0 Å². The van der Waals surface area contributed by atoms with E-state index < -0.39 is 0 Å². The normalized spacial score (nSPS) is 12.7. The number of hydrogen-bond donors (Lipinski definition) is 0. The van der Waals surface area contributed by atoms with Gasteiger partial charge in [-0.15, -0.1) is 11.6 Å². The lowest BCUT2D eigenvalue weighted by Gasteiger charge is -2.05. The van der Waals surface area contributed by atoms with Crippen LogP contribution < -0.4 is 4.74 Å². The summed E-state index contributed by atoms with van der Waals surface area (Å²) < 4.78 is 4.94. The average molecular weight is 206 g/mol. The number of halogens is 2. The van der Waals surface area contributed by atoms with Gasteiger partial charge in [0.05, 0.1) is 18.2 Å². The third-order valence-electron chi connectivity index (χ3n) is 1.46. The first-order valence-electron chi connectivity index (χ1n) is 3.49. The summed E-state index contributed by atoms with van der Waals surface area (Å²) >= 11 is 11.6. The fourth-order valence-corrected chi connectivity index (χ4v) is 1.17. The van der Waals surface area contributed by atoms with Gasteiger partial charge in [-0.3, -0.25) is 0 Å². The Hall–Kier alpha value is -0.470. The largest absolute Gasteiger partial charge is 0.494 e. The maximum atomic E-state index is 5.81. The maximum absolute atomic E-state index is 5.81. The highest BCUT2D eigenvalue weighted by Crippen LogP contribution is 2.25. The predicted octanol–water partition coefficient (Wildman–Crippen LogP) is 3.04. The fourth-order valence-electron chi connectivity index (χ4n) is 0.809. The zero-order chi connectivity index (χ0) is 9.14. The van der Waals surface area contributed by atoms with E-state index in [1.165, 1.54) is 0 Å². The summed E-state index contributed by atoms with van der Waals surface area (Å²) in [5, 5.41) is 0.218. The van der Waals surface area contributed by atoms with Gasteiger partial charge in [-0.2, -0.15) is 0 Å². The van der Waals surface area contributed by atoms with Crippen molar-refractivity contribution in [3.8, 4) is 5.75 Å². The number of alkyl halides is 1. The summed E-state index contributed by atoms with van der Waals surface area (Å²) in [6, 6.07) is 3.55. The number of pyridine rings is 1. The molecule has 12 heavy (non-hydrogen) atoms. The van der Waals surface area contributed by atoms with Crippen LogP contribution in [0.4, 0.5) is 0 Å². The summed E-state index contributed by atoms with van der Waals surface area (Å²) in [5.41, 5.74) is 0.752. The SMILES string of the molecule is COc1ccc(C(C)Cl)nc1Cl. The maximum Gasteiger partial charge on any atom is 0.171 e. The van der Waals surface area contributed by atoms with Crippen molar-refractivity contribution in [1.29, 1.82) is 0 Å². The lowest BCUT2D eigenvalue weighted by Crippen LogP contribution is -1.93. The molecule has 0 radical (unpaired) electrons. The van der Waals surface area contributed by atoms with E-state index in [0.717, 1.165) is 5.69 Å². The number of nitrogens with zero attached hydrogens (tertiary/aromatic N) is 1. The minimum Gasteiger partial charge on any atom is -0.494 e. The molecule has 0 spiro atoms. The summed E-state index contributed by atoms with van der Waals surface area (Å²) in [5.74, 6) is 0.567. The van der Waals surface area contributed by atoms with Gasteiger partial charge in [-0.25, -0.2) is 4.98 Å². The summed E-state index contributed by atoms with van der Waals surface area (Å²) in [6.07, 6.45) is 0. The van der Waals surface area contributed by atoms with Gasteiger partial charge in [0.15, 0.2) is 10.9 Å². The Morgan fingerprint density at radius 3 is 2.58 bits per heavy atom. The van der Waals surface area contributed by atoms with Gasteiger partial charge in [0.1, 0.15) is 0 Å². The van der Waals surface area contributed by atoms with E-state index in [2.05, 4.69) is 4.98 Å². The molecule has 0 aliphatic carbocycles. The number of hydrogen-bond acceptors (Lipinski definition) is 2. The van der Waals surface area contributed by atoms with Crippen molar-refractivity contribution >= 4 is 23.2 Å². The number of rotatable bonds is 2. The summed E-state index contributed by atoms with van der Waals surface area (Å²) in [6.45, 7) is 1.84. The van der Waals surface area contributed by atoms with Gasteiger partial charge < -0.3 is 4.74 Å². The molecule has 2 nitrogen and oxygen atoms in total. The smallest absolute Gasteiger partial charge is 0.171 e. The molecule has 0 N–H and O–H groups in total. The molecule has 0 saturated heterocycles. The van der Waals surface area contributed by atoms with E-state index in [1.807, 2.05) is 6.92 Å². The highest BCUT2D eigenvalue weighted by atomic mass is 35.5. The van der Waals surface area contributed by atoms with Crippen LogP contribution in [0.3, 0.4) is 0 Å². The molecule has 1 aromatic rings. The molecule has 0 amide bonds. The van der Waals surface area contributed by atoms with Gasteiger partial charge in [0.2, 0.25) is 0 Å². The first-order valence-corrected chi connectivity index (χ1v) is 4.31. The molecular formula is C8H9Cl2NO. The van der Waals surface area contributed by atoms with Crippen LogP contribution in [0.5, 0.6) is 5.75 Å². The molecule has 0 bridgehead atoms. The molecule has 1 aromatic heterocycles. The van der Waals surface area contributed by atoms with Crippen molar-refractivity contribution in [2.45, 2.75) is 12.3 Å². The monoisotopic (exact) mass is 205 g/mol. The van der Waals surface area contributed by atoms with Crippen LogP contribution in [0.25, 0.3) is 0 Å². The molecule has 1 atom stereocenters. The molecule has 1 heterocycles. The van der Waals surface area contributed by atoms with E-state index >= 15 is 0 Å². The van der Waals surface area contributed by atoms with Crippen molar-refractivity contribution in [3.63, 3.8) is 0 Å². The van der Waals surface area contributed by atoms with E-state index in [4.69, 9.17) is 27.9 Å². The average Bonchev–Trinajstić information content (AvgIpc) is 2.04. The molecule has 1 unspecified atom stereocenters. The molecule has 0 aliphatic heterocycles. The van der Waals surface area contributed by atoms with Crippen molar-refractivity contribution in [2.24, 2.45) is 0 Å². The third kappa shape index (κ3) is 2.02. The molecule has 4 heteroatoms. The van der Waals surface area contributed by atoms with Crippen LogP contribution in [0.2, 0.25) is 5.15 Å². The number of methoxy groups -OCH3 is 1. The van der Waals surface area contributed by atoms with Crippen molar-refractivity contribution in [2.75, 3.05) is 7.11 Å². The molecule has 0 fully saturated rings. The summed E-state index contributed by atoms with van der Waals surface area (Å²) in [7, 11) is 1.55.